The molecule has 7 heteroatoms. The molecule has 0 unspecified atom stereocenters. The van der Waals surface area contributed by atoms with Gasteiger partial charge in [-0.1, -0.05) is 11.6 Å². The van der Waals surface area contributed by atoms with Gasteiger partial charge in [0.1, 0.15) is 5.75 Å². The van der Waals surface area contributed by atoms with E-state index < -0.39 is 0 Å². The molecule has 24 heavy (non-hydrogen) atoms. The Kier molecular flexibility index (Phi) is 6.34. The van der Waals surface area contributed by atoms with Crippen LogP contribution in [0, 0.1) is 0 Å². The Morgan fingerprint density at radius 1 is 1.17 bits per heavy atom. The van der Waals surface area contributed by atoms with Crippen LogP contribution in [0.4, 0.5) is 5.69 Å². The molecule has 1 amide bonds. The first kappa shape index (κ1) is 18.4. The predicted molar refractivity (Wildman–Crippen MR) is 97.8 cm³/mol. The van der Waals surface area contributed by atoms with Crippen LogP contribution in [0.3, 0.4) is 0 Å². The second-order valence-electron chi connectivity index (χ2n) is 4.73. The van der Waals surface area contributed by atoms with Gasteiger partial charge in [-0.25, -0.2) is 0 Å². The maximum atomic E-state index is 12.5. The van der Waals surface area contributed by atoms with Gasteiger partial charge in [-0.3, -0.25) is 4.79 Å². The maximum Gasteiger partial charge on any atom is 0.255 e. The molecule has 2 aromatic rings. The van der Waals surface area contributed by atoms with E-state index in [1.807, 2.05) is 6.92 Å². The molecule has 2 rings (SSSR count). The molecule has 0 aliphatic rings. The van der Waals surface area contributed by atoms with Crippen LogP contribution < -0.4 is 19.5 Å². The van der Waals surface area contributed by atoms with Crippen LogP contribution in [0.15, 0.2) is 34.8 Å². The Morgan fingerprint density at radius 2 is 1.92 bits per heavy atom. The lowest BCUT2D eigenvalue weighted by molar-refractivity contribution is 0.102. The van der Waals surface area contributed by atoms with Gasteiger partial charge in [0, 0.05) is 11.3 Å². The van der Waals surface area contributed by atoms with Gasteiger partial charge < -0.3 is 19.5 Å². The van der Waals surface area contributed by atoms with E-state index in [9.17, 15) is 4.79 Å². The Labute approximate surface area is 154 Å². The third-order valence-electron chi connectivity index (χ3n) is 3.19. The number of amides is 1. The van der Waals surface area contributed by atoms with E-state index in [1.165, 1.54) is 7.11 Å². The van der Waals surface area contributed by atoms with Gasteiger partial charge in [0.2, 0.25) is 0 Å². The minimum Gasteiger partial charge on any atom is -0.495 e. The molecule has 0 bridgehead atoms. The Balaban J connectivity index is 2.28. The molecule has 0 aromatic heterocycles. The Morgan fingerprint density at radius 3 is 2.50 bits per heavy atom. The standard InChI is InChI=1S/C17H17BrClNO4/c1-4-24-15-8-10(7-12(18)16(15)23-3)17(21)20-11-5-6-14(22-2)13(19)9-11/h5-9H,4H2,1-3H3,(H,20,21). The van der Waals surface area contributed by atoms with Gasteiger partial charge in [-0.05, 0) is 53.2 Å². The highest BCUT2D eigenvalue weighted by atomic mass is 79.9. The molecular formula is C17H17BrClNO4. The number of nitrogens with one attached hydrogen (secondary N) is 1. The fourth-order valence-electron chi connectivity index (χ4n) is 2.11. The molecule has 0 spiro atoms. The van der Waals surface area contributed by atoms with Crippen molar-refractivity contribution in [3.63, 3.8) is 0 Å². The van der Waals surface area contributed by atoms with Crippen molar-refractivity contribution in [2.24, 2.45) is 0 Å². The predicted octanol–water partition coefficient (Wildman–Crippen LogP) is 4.77. The van der Waals surface area contributed by atoms with E-state index in [4.69, 9.17) is 25.8 Å². The molecule has 0 heterocycles. The molecule has 0 radical (unpaired) electrons. The van der Waals surface area contributed by atoms with E-state index in [0.29, 0.717) is 44.6 Å². The molecule has 1 N–H and O–H groups in total. The van der Waals surface area contributed by atoms with E-state index in [-0.39, 0.29) is 5.91 Å². The van der Waals surface area contributed by atoms with Crippen molar-refractivity contribution in [1.82, 2.24) is 0 Å². The number of halogens is 2. The van der Waals surface area contributed by atoms with Crippen LogP contribution in [-0.4, -0.2) is 26.7 Å². The number of hydrogen-bond acceptors (Lipinski definition) is 4. The summed E-state index contributed by atoms with van der Waals surface area (Å²) in [6, 6.07) is 8.33. The zero-order valence-corrected chi connectivity index (χ0v) is 15.8. The molecule has 0 aliphatic carbocycles. The third-order valence-corrected chi connectivity index (χ3v) is 4.07. The number of hydrogen-bond donors (Lipinski definition) is 1. The summed E-state index contributed by atoms with van der Waals surface area (Å²) in [5.74, 6) is 1.29. The second-order valence-corrected chi connectivity index (χ2v) is 5.99. The summed E-state index contributed by atoms with van der Waals surface area (Å²) in [5, 5.41) is 3.21. The van der Waals surface area contributed by atoms with Gasteiger partial charge in [0.15, 0.2) is 11.5 Å². The van der Waals surface area contributed by atoms with Crippen LogP contribution in [0.1, 0.15) is 17.3 Å². The lowest BCUT2D eigenvalue weighted by Gasteiger charge is -2.13. The average molecular weight is 415 g/mol. The molecule has 2 aromatic carbocycles. The van der Waals surface area contributed by atoms with Gasteiger partial charge in [0.25, 0.3) is 5.91 Å². The van der Waals surface area contributed by atoms with Gasteiger partial charge >= 0.3 is 0 Å². The second kappa shape index (κ2) is 8.26. The molecule has 128 valence electrons. The summed E-state index contributed by atoms with van der Waals surface area (Å²) in [4.78, 5) is 12.5. The lowest BCUT2D eigenvalue weighted by atomic mass is 10.1. The first-order valence-corrected chi connectivity index (χ1v) is 8.32. The fraction of sp³-hybridized carbons (Fsp3) is 0.235. The Bertz CT molecular complexity index is 752. The van der Waals surface area contributed by atoms with E-state index in [1.54, 1.807) is 37.4 Å². The zero-order chi connectivity index (χ0) is 17.7. The van der Waals surface area contributed by atoms with Gasteiger partial charge in [-0.2, -0.15) is 0 Å². The summed E-state index contributed by atoms with van der Waals surface area (Å²) < 4.78 is 16.5. The zero-order valence-electron chi connectivity index (χ0n) is 13.5. The summed E-state index contributed by atoms with van der Waals surface area (Å²) in [7, 11) is 3.07. The maximum absolute atomic E-state index is 12.5. The highest BCUT2D eigenvalue weighted by Gasteiger charge is 2.16. The van der Waals surface area contributed by atoms with Crippen LogP contribution in [-0.2, 0) is 0 Å². The van der Waals surface area contributed by atoms with Crippen LogP contribution in [0.5, 0.6) is 17.2 Å². The topological polar surface area (TPSA) is 56.8 Å². The molecule has 0 saturated heterocycles. The summed E-state index contributed by atoms with van der Waals surface area (Å²) in [6.07, 6.45) is 0. The van der Waals surface area contributed by atoms with Crippen molar-refractivity contribution in [2.45, 2.75) is 6.92 Å². The van der Waals surface area contributed by atoms with Crippen LogP contribution in [0.2, 0.25) is 5.02 Å². The first-order chi connectivity index (χ1) is 11.5. The highest BCUT2D eigenvalue weighted by molar-refractivity contribution is 9.10. The van der Waals surface area contributed by atoms with Crippen molar-refractivity contribution in [2.75, 3.05) is 26.1 Å². The number of anilines is 1. The molecule has 0 aliphatic heterocycles. The number of carbonyl (C=O) groups excluding carboxylic acids is 1. The number of rotatable bonds is 6. The largest absolute Gasteiger partial charge is 0.495 e. The molecular weight excluding hydrogens is 398 g/mol. The highest BCUT2D eigenvalue weighted by Crippen LogP contribution is 2.37. The third kappa shape index (κ3) is 4.13. The minimum atomic E-state index is -0.291. The fourth-order valence-corrected chi connectivity index (χ4v) is 2.97. The van der Waals surface area contributed by atoms with Crippen LogP contribution >= 0.6 is 27.5 Å². The minimum absolute atomic E-state index is 0.291. The number of carbonyl (C=O) groups is 1. The molecule has 0 atom stereocenters. The summed E-state index contributed by atoms with van der Waals surface area (Å²) in [5.41, 5.74) is 0.994. The quantitative estimate of drug-likeness (QED) is 0.740. The van der Waals surface area contributed by atoms with E-state index in [2.05, 4.69) is 21.2 Å². The molecule has 5 nitrogen and oxygen atoms in total. The Hall–Kier alpha value is -1.92. The van der Waals surface area contributed by atoms with Crippen molar-refractivity contribution in [3.05, 3.63) is 45.4 Å². The molecule has 0 saturated carbocycles. The average Bonchev–Trinajstić information content (AvgIpc) is 2.55. The first-order valence-electron chi connectivity index (χ1n) is 7.15. The van der Waals surface area contributed by atoms with Crippen molar-refractivity contribution in [1.29, 1.82) is 0 Å². The van der Waals surface area contributed by atoms with Gasteiger partial charge in [0.05, 0.1) is 30.3 Å². The van der Waals surface area contributed by atoms with E-state index in [0.717, 1.165) is 0 Å². The van der Waals surface area contributed by atoms with E-state index >= 15 is 0 Å². The van der Waals surface area contributed by atoms with Crippen LogP contribution in [0.25, 0.3) is 0 Å². The normalized spacial score (nSPS) is 10.2. The number of ether oxygens (including phenoxy) is 3. The van der Waals surface area contributed by atoms with Crippen molar-refractivity contribution in [3.8, 4) is 17.2 Å². The molecule has 0 fully saturated rings. The number of benzene rings is 2. The summed E-state index contributed by atoms with van der Waals surface area (Å²) >= 11 is 9.46. The smallest absolute Gasteiger partial charge is 0.255 e. The SMILES string of the molecule is CCOc1cc(C(=O)Nc2ccc(OC)c(Cl)c2)cc(Br)c1OC. The number of methoxy groups -OCH3 is 2. The van der Waals surface area contributed by atoms with Crippen molar-refractivity contribution < 1.29 is 19.0 Å². The van der Waals surface area contributed by atoms with Crippen molar-refractivity contribution >= 4 is 39.1 Å². The lowest BCUT2D eigenvalue weighted by Crippen LogP contribution is -2.12. The van der Waals surface area contributed by atoms with Gasteiger partial charge in [-0.15, -0.1) is 0 Å². The summed E-state index contributed by atoms with van der Waals surface area (Å²) in [6.45, 7) is 2.32. The monoisotopic (exact) mass is 413 g/mol.